The maximum absolute atomic E-state index is 12.4. The summed E-state index contributed by atoms with van der Waals surface area (Å²) >= 11 is 1.40. The molecule has 1 amide bonds. The number of anilines is 1. The third-order valence-electron chi connectivity index (χ3n) is 5.17. The lowest BCUT2D eigenvalue weighted by Gasteiger charge is -2.45. The van der Waals surface area contributed by atoms with Gasteiger partial charge in [0.25, 0.3) is 0 Å². The Balaban J connectivity index is 1.49. The Hall–Kier alpha value is -1.14. The second kappa shape index (κ2) is 6.77. The fourth-order valence-corrected chi connectivity index (χ4v) is 4.49. The summed E-state index contributed by atoms with van der Waals surface area (Å²) in [6.07, 6.45) is 5.21. The first kappa shape index (κ1) is 16.7. The molecule has 0 spiro atoms. The molecule has 128 valence electrons. The molecular weight excluding hydrogens is 308 g/mol. The van der Waals surface area contributed by atoms with E-state index in [4.69, 9.17) is 5.73 Å². The lowest BCUT2D eigenvalue weighted by atomic mass is 9.83. The Morgan fingerprint density at radius 3 is 2.74 bits per heavy atom. The van der Waals surface area contributed by atoms with Crippen molar-refractivity contribution in [1.82, 2.24) is 14.8 Å². The molecule has 0 aliphatic carbocycles. The predicted molar refractivity (Wildman–Crippen MR) is 94.4 cm³/mol. The van der Waals surface area contributed by atoms with Gasteiger partial charge in [0, 0.05) is 31.1 Å². The summed E-state index contributed by atoms with van der Waals surface area (Å²) in [7, 11) is 0. The van der Waals surface area contributed by atoms with Crippen molar-refractivity contribution in [3.05, 3.63) is 11.1 Å². The number of piperidine rings is 2. The SMILES string of the molecule is CC1(C)CCCN(C2CCN(C(=O)Cc3csc(N)n3)CC2)C1. The molecule has 0 unspecified atom stereocenters. The van der Waals surface area contributed by atoms with Gasteiger partial charge in [0.05, 0.1) is 12.1 Å². The molecule has 2 fully saturated rings. The van der Waals surface area contributed by atoms with Crippen molar-refractivity contribution in [3.8, 4) is 0 Å². The third kappa shape index (κ3) is 4.23. The maximum atomic E-state index is 12.4. The van der Waals surface area contributed by atoms with Gasteiger partial charge in [-0.2, -0.15) is 0 Å². The van der Waals surface area contributed by atoms with E-state index >= 15 is 0 Å². The Morgan fingerprint density at radius 1 is 1.39 bits per heavy atom. The number of nitrogens with zero attached hydrogens (tertiary/aromatic N) is 3. The van der Waals surface area contributed by atoms with Gasteiger partial charge >= 0.3 is 0 Å². The number of amides is 1. The molecule has 23 heavy (non-hydrogen) atoms. The van der Waals surface area contributed by atoms with Gasteiger partial charge in [-0.3, -0.25) is 9.69 Å². The summed E-state index contributed by atoms with van der Waals surface area (Å²) in [5, 5.41) is 2.43. The van der Waals surface area contributed by atoms with E-state index in [2.05, 4.69) is 23.7 Å². The molecule has 0 radical (unpaired) electrons. The van der Waals surface area contributed by atoms with E-state index in [-0.39, 0.29) is 5.91 Å². The van der Waals surface area contributed by atoms with Crippen LogP contribution in [0.5, 0.6) is 0 Å². The highest BCUT2D eigenvalue weighted by Gasteiger charge is 2.33. The van der Waals surface area contributed by atoms with Crippen LogP contribution >= 0.6 is 11.3 Å². The third-order valence-corrected chi connectivity index (χ3v) is 5.89. The summed E-state index contributed by atoms with van der Waals surface area (Å²) in [5.74, 6) is 0.188. The Bertz CT molecular complexity index is 549. The second-order valence-corrected chi connectivity index (χ2v) is 8.59. The number of rotatable bonds is 3. The van der Waals surface area contributed by atoms with Gasteiger partial charge in [-0.25, -0.2) is 4.98 Å². The van der Waals surface area contributed by atoms with E-state index in [1.54, 1.807) is 0 Å². The molecule has 6 heteroatoms. The smallest absolute Gasteiger partial charge is 0.228 e. The number of hydrogen-bond donors (Lipinski definition) is 1. The fraction of sp³-hybridized carbons (Fsp3) is 0.765. The molecule has 2 aliphatic rings. The first-order valence-electron chi connectivity index (χ1n) is 8.65. The molecule has 3 heterocycles. The number of thiazole rings is 1. The van der Waals surface area contributed by atoms with E-state index < -0.39 is 0 Å². The Labute approximate surface area is 142 Å². The van der Waals surface area contributed by atoms with E-state index in [1.165, 1.54) is 37.3 Å². The van der Waals surface area contributed by atoms with Gasteiger partial charge in [-0.05, 0) is 37.6 Å². The summed E-state index contributed by atoms with van der Waals surface area (Å²) in [5.41, 5.74) is 6.88. The molecule has 1 aromatic heterocycles. The number of nitrogens with two attached hydrogens (primary N) is 1. The van der Waals surface area contributed by atoms with Crippen molar-refractivity contribution < 1.29 is 4.79 Å². The van der Waals surface area contributed by atoms with Gasteiger partial charge in [0.15, 0.2) is 5.13 Å². The first-order chi connectivity index (χ1) is 10.9. The molecule has 0 atom stereocenters. The van der Waals surface area contributed by atoms with Crippen LogP contribution in [-0.2, 0) is 11.2 Å². The van der Waals surface area contributed by atoms with Crippen LogP contribution in [0.1, 0.15) is 45.2 Å². The van der Waals surface area contributed by atoms with Gasteiger partial charge in [-0.15, -0.1) is 11.3 Å². The van der Waals surface area contributed by atoms with Crippen LogP contribution in [0.2, 0.25) is 0 Å². The summed E-state index contributed by atoms with van der Waals surface area (Å²) < 4.78 is 0. The molecule has 0 saturated carbocycles. The summed E-state index contributed by atoms with van der Waals surface area (Å²) in [4.78, 5) is 21.2. The summed E-state index contributed by atoms with van der Waals surface area (Å²) in [6, 6.07) is 0.647. The number of aromatic nitrogens is 1. The van der Waals surface area contributed by atoms with Crippen molar-refractivity contribution in [2.75, 3.05) is 31.9 Å². The van der Waals surface area contributed by atoms with Crippen molar-refractivity contribution in [2.45, 2.75) is 52.0 Å². The van der Waals surface area contributed by atoms with Crippen LogP contribution in [0.25, 0.3) is 0 Å². The normalized spacial score (nSPS) is 23.1. The molecular formula is C17H28N4OS. The van der Waals surface area contributed by atoms with Gasteiger partial charge in [0.2, 0.25) is 5.91 Å². The van der Waals surface area contributed by atoms with Crippen molar-refractivity contribution >= 4 is 22.4 Å². The summed E-state index contributed by atoms with van der Waals surface area (Å²) in [6.45, 7) is 8.92. The first-order valence-corrected chi connectivity index (χ1v) is 9.53. The number of hydrogen-bond acceptors (Lipinski definition) is 5. The van der Waals surface area contributed by atoms with Crippen LogP contribution in [0.4, 0.5) is 5.13 Å². The molecule has 2 saturated heterocycles. The van der Waals surface area contributed by atoms with E-state index in [1.807, 2.05) is 10.3 Å². The molecule has 0 aromatic carbocycles. The minimum Gasteiger partial charge on any atom is -0.375 e. The van der Waals surface area contributed by atoms with E-state index in [9.17, 15) is 4.79 Å². The van der Waals surface area contributed by atoms with Crippen LogP contribution in [0.15, 0.2) is 5.38 Å². The number of nitrogen functional groups attached to an aromatic ring is 1. The molecule has 1 aromatic rings. The average Bonchev–Trinajstić information content (AvgIpc) is 2.91. The molecule has 3 rings (SSSR count). The lowest BCUT2D eigenvalue weighted by Crippen LogP contribution is -2.51. The molecule has 2 aliphatic heterocycles. The van der Waals surface area contributed by atoms with Crippen molar-refractivity contribution in [3.63, 3.8) is 0 Å². The topological polar surface area (TPSA) is 62.5 Å². The number of likely N-dealkylation sites (tertiary alicyclic amines) is 2. The molecule has 0 bridgehead atoms. The minimum atomic E-state index is 0.188. The minimum absolute atomic E-state index is 0.188. The zero-order chi connectivity index (χ0) is 16.4. The quantitative estimate of drug-likeness (QED) is 0.920. The monoisotopic (exact) mass is 336 g/mol. The fourth-order valence-electron chi connectivity index (χ4n) is 3.93. The number of carbonyl (C=O) groups excluding carboxylic acids is 1. The lowest BCUT2D eigenvalue weighted by molar-refractivity contribution is -0.132. The van der Waals surface area contributed by atoms with Crippen LogP contribution < -0.4 is 5.73 Å². The number of carbonyl (C=O) groups is 1. The van der Waals surface area contributed by atoms with Crippen LogP contribution in [0.3, 0.4) is 0 Å². The highest BCUT2D eigenvalue weighted by Crippen LogP contribution is 2.31. The van der Waals surface area contributed by atoms with Crippen molar-refractivity contribution in [2.24, 2.45) is 5.41 Å². The van der Waals surface area contributed by atoms with Crippen LogP contribution in [-0.4, -0.2) is 52.9 Å². The average molecular weight is 337 g/mol. The highest BCUT2D eigenvalue weighted by atomic mass is 32.1. The molecule has 5 nitrogen and oxygen atoms in total. The van der Waals surface area contributed by atoms with Gasteiger partial charge in [-0.1, -0.05) is 13.8 Å². The largest absolute Gasteiger partial charge is 0.375 e. The zero-order valence-corrected chi connectivity index (χ0v) is 15.1. The Kier molecular flexibility index (Phi) is 4.92. The predicted octanol–water partition coefficient (Wildman–Crippen LogP) is 2.38. The second-order valence-electron chi connectivity index (χ2n) is 7.70. The van der Waals surface area contributed by atoms with Gasteiger partial charge < -0.3 is 10.6 Å². The Morgan fingerprint density at radius 2 is 2.13 bits per heavy atom. The van der Waals surface area contributed by atoms with Gasteiger partial charge in [0.1, 0.15) is 0 Å². The van der Waals surface area contributed by atoms with E-state index in [0.29, 0.717) is 23.0 Å². The standard InChI is InChI=1S/C17H28N4OS/c1-17(2)6-3-7-21(12-17)14-4-8-20(9-5-14)15(22)10-13-11-23-16(18)19-13/h11,14H,3-10,12H2,1-2H3,(H2,18,19). The van der Waals surface area contributed by atoms with Crippen molar-refractivity contribution in [1.29, 1.82) is 0 Å². The van der Waals surface area contributed by atoms with E-state index in [0.717, 1.165) is 31.6 Å². The zero-order valence-electron chi connectivity index (χ0n) is 14.3. The highest BCUT2D eigenvalue weighted by molar-refractivity contribution is 7.13. The molecule has 2 N–H and O–H groups in total. The van der Waals surface area contributed by atoms with Crippen LogP contribution in [0, 0.1) is 5.41 Å². The maximum Gasteiger partial charge on any atom is 0.228 e.